The second-order valence-electron chi connectivity index (χ2n) is 5.38. The van der Waals surface area contributed by atoms with Crippen LogP contribution in [-0.2, 0) is 17.8 Å². The number of ether oxygens (including phenoxy) is 1. The highest BCUT2D eigenvalue weighted by Crippen LogP contribution is 2.23. The average Bonchev–Trinajstić information content (AvgIpc) is 2.48. The lowest BCUT2D eigenvalue weighted by Crippen LogP contribution is -2.36. The third-order valence-corrected chi connectivity index (χ3v) is 4.13. The lowest BCUT2D eigenvalue weighted by Gasteiger charge is -2.30. The van der Waals surface area contributed by atoms with E-state index in [1.54, 1.807) is 7.11 Å². The fourth-order valence-electron chi connectivity index (χ4n) is 2.79. The van der Waals surface area contributed by atoms with Crippen LogP contribution in [0.25, 0.3) is 0 Å². The molecule has 0 amide bonds. The van der Waals surface area contributed by atoms with Crippen molar-refractivity contribution < 1.29 is 14.6 Å². The molecule has 0 spiro atoms. The Balaban J connectivity index is 1.99. The van der Waals surface area contributed by atoms with Gasteiger partial charge in [0.05, 0.1) is 13.0 Å². The van der Waals surface area contributed by atoms with Gasteiger partial charge in [-0.2, -0.15) is 0 Å². The zero-order chi connectivity index (χ0) is 14.5. The Morgan fingerprint density at radius 1 is 1.35 bits per heavy atom. The first kappa shape index (κ1) is 14.9. The second kappa shape index (κ2) is 6.75. The first-order chi connectivity index (χ1) is 9.63. The van der Waals surface area contributed by atoms with Crippen LogP contribution in [0.3, 0.4) is 0 Å². The Morgan fingerprint density at radius 3 is 2.60 bits per heavy atom. The summed E-state index contributed by atoms with van der Waals surface area (Å²) in [5.74, 6) is 0.0892. The van der Waals surface area contributed by atoms with E-state index in [0.29, 0.717) is 0 Å². The second-order valence-corrected chi connectivity index (χ2v) is 5.38. The van der Waals surface area contributed by atoms with Crippen molar-refractivity contribution in [3.8, 4) is 5.75 Å². The van der Waals surface area contributed by atoms with Crippen molar-refractivity contribution in [3.05, 3.63) is 29.3 Å². The van der Waals surface area contributed by atoms with Gasteiger partial charge in [0, 0.05) is 6.54 Å². The van der Waals surface area contributed by atoms with E-state index in [2.05, 4.69) is 24.0 Å². The third-order valence-electron chi connectivity index (χ3n) is 4.13. The molecular weight excluding hydrogens is 254 g/mol. The molecule has 0 radical (unpaired) electrons. The van der Waals surface area contributed by atoms with Gasteiger partial charge >= 0.3 is 5.97 Å². The summed E-state index contributed by atoms with van der Waals surface area (Å²) in [6.07, 6.45) is 2.50. The number of hydrogen-bond donors (Lipinski definition) is 1. The summed E-state index contributed by atoms with van der Waals surface area (Å²) in [4.78, 5) is 13.3. The van der Waals surface area contributed by atoms with Gasteiger partial charge in [0.15, 0.2) is 0 Å². The lowest BCUT2D eigenvalue weighted by atomic mass is 9.96. The number of aryl methyl sites for hydroxylation is 1. The highest BCUT2D eigenvalue weighted by Gasteiger charge is 2.24. The maximum Gasteiger partial charge on any atom is 0.306 e. The molecular formula is C16H23NO3. The molecule has 1 heterocycles. The largest absolute Gasteiger partial charge is 0.497 e. The molecule has 1 aliphatic rings. The number of nitrogens with zero attached hydrogens (tertiary/aromatic N) is 1. The maximum atomic E-state index is 11.0. The van der Waals surface area contributed by atoms with Crippen LogP contribution in [0, 0.1) is 5.92 Å². The number of likely N-dealkylation sites (tertiary alicyclic amines) is 1. The number of rotatable bonds is 5. The van der Waals surface area contributed by atoms with Crippen molar-refractivity contribution in [1.82, 2.24) is 4.90 Å². The van der Waals surface area contributed by atoms with Crippen LogP contribution in [-0.4, -0.2) is 36.2 Å². The van der Waals surface area contributed by atoms with Crippen LogP contribution in [0.4, 0.5) is 0 Å². The molecule has 0 aliphatic carbocycles. The van der Waals surface area contributed by atoms with Gasteiger partial charge in [0.2, 0.25) is 0 Å². The average molecular weight is 277 g/mol. The van der Waals surface area contributed by atoms with E-state index in [0.717, 1.165) is 44.6 Å². The molecule has 1 N–H and O–H groups in total. The van der Waals surface area contributed by atoms with Gasteiger partial charge in [-0.15, -0.1) is 0 Å². The SMILES string of the molecule is CCc1cc(OC)ccc1CN1CCC(C(=O)O)CC1. The predicted octanol–water partition coefficient (Wildman–Crippen LogP) is 2.55. The number of benzene rings is 1. The summed E-state index contributed by atoms with van der Waals surface area (Å²) < 4.78 is 5.26. The summed E-state index contributed by atoms with van der Waals surface area (Å²) in [6.45, 7) is 4.78. The van der Waals surface area contributed by atoms with E-state index in [1.807, 2.05) is 6.07 Å². The van der Waals surface area contributed by atoms with Gasteiger partial charge in [-0.25, -0.2) is 0 Å². The normalized spacial score (nSPS) is 17.1. The molecule has 0 bridgehead atoms. The van der Waals surface area contributed by atoms with E-state index in [1.165, 1.54) is 11.1 Å². The van der Waals surface area contributed by atoms with Gasteiger partial charge in [-0.05, 0) is 55.6 Å². The van der Waals surface area contributed by atoms with Crippen LogP contribution in [0.5, 0.6) is 5.75 Å². The fourth-order valence-corrected chi connectivity index (χ4v) is 2.79. The Kier molecular flexibility index (Phi) is 5.01. The molecule has 4 nitrogen and oxygen atoms in total. The zero-order valence-electron chi connectivity index (χ0n) is 12.3. The number of hydrogen-bond acceptors (Lipinski definition) is 3. The Bertz CT molecular complexity index is 465. The number of carboxylic acid groups (broad SMARTS) is 1. The molecule has 4 heteroatoms. The van der Waals surface area contributed by atoms with Crippen molar-refractivity contribution >= 4 is 5.97 Å². The third kappa shape index (κ3) is 3.51. The standard InChI is InChI=1S/C16H23NO3/c1-3-12-10-15(20-2)5-4-14(12)11-17-8-6-13(7-9-17)16(18)19/h4-5,10,13H,3,6-9,11H2,1-2H3,(H,18,19). The number of aliphatic carboxylic acids is 1. The van der Waals surface area contributed by atoms with E-state index in [9.17, 15) is 4.79 Å². The Labute approximate surface area is 120 Å². The van der Waals surface area contributed by atoms with Crippen molar-refractivity contribution in [2.24, 2.45) is 5.92 Å². The minimum absolute atomic E-state index is 0.159. The number of piperidine rings is 1. The molecule has 0 saturated carbocycles. The minimum Gasteiger partial charge on any atom is -0.497 e. The molecule has 1 aliphatic heterocycles. The van der Waals surface area contributed by atoms with Crippen molar-refractivity contribution in [3.63, 3.8) is 0 Å². The van der Waals surface area contributed by atoms with Gasteiger partial charge in [0.25, 0.3) is 0 Å². The van der Waals surface area contributed by atoms with E-state index in [-0.39, 0.29) is 5.92 Å². The summed E-state index contributed by atoms with van der Waals surface area (Å²) in [6, 6.07) is 6.22. The fraction of sp³-hybridized carbons (Fsp3) is 0.562. The summed E-state index contributed by atoms with van der Waals surface area (Å²) >= 11 is 0. The van der Waals surface area contributed by atoms with Crippen molar-refractivity contribution in [1.29, 1.82) is 0 Å². The summed E-state index contributed by atoms with van der Waals surface area (Å²) in [5, 5.41) is 9.02. The topological polar surface area (TPSA) is 49.8 Å². The van der Waals surface area contributed by atoms with Gasteiger partial charge in [-0.1, -0.05) is 13.0 Å². The molecule has 1 fully saturated rings. The molecule has 110 valence electrons. The number of methoxy groups -OCH3 is 1. The number of carbonyl (C=O) groups is 1. The predicted molar refractivity (Wildman–Crippen MR) is 78.0 cm³/mol. The molecule has 1 aromatic carbocycles. The van der Waals surface area contributed by atoms with Gasteiger partial charge < -0.3 is 9.84 Å². The molecule has 0 atom stereocenters. The van der Waals surface area contributed by atoms with E-state index >= 15 is 0 Å². The van der Waals surface area contributed by atoms with Crippen LogP contribution >= 0.6 is 0 Å². The van der Waals surface area contributed by atoms with Crippen LogP contribution in [0.15, 0.2) is 18.2 Å². The van der Waals surface area contributed by atoms with Crippen LogP contribution in [0.2, 0.25) is 0 Å². The first-order valence-corrected chi connectivity index (χ1v) is 7.25. The monoisotopic (exact) mass is 277 g/mol. The molecule has 2 rings (SSSR count). The van der Waals surface area contributed by atoms with E-state index in [4.69, 9.17) is 9.84 Å². The summed E-state index contributed by atoms with van der Waals surface area (Å²) in [5.41, 5.74) is 2.63. The van der Waals surface area contributed by atoms with Crippen LogP contribution in [0.1, 0.15) is 30.9 Å². The lowest BCUT2D eigenvalue weighted by molar-refractivity contribution is -0.143. The van der Waals surface area contributed by atoms with Crippen molar-refractivity contribution in [2.75, 3.05) is 20.2 Å². The molecule has 20 heavy (non-hydrogen) atoms. The molecule has 1 saturated heterocycles. The van der Waals surface area contributed by atoms with Gasteiger partial charge in [0.1, 0.15) is 5.75 Å². The van der Waals surface area contributed by atoms with E-state index < -0.39 is 5.97 Å². The molecule has 0 aromatic heterocycles. The Morgan fingerprint density at radius 2 is 2.05 bits per heavy atom. The number of carboxylic acids is 1. The highest BCUT2D eigenvalue weighted by atomic mass is 16.5. The zero-order valence-corrected chi connectivity index (χ0v) is 12.3. The molecule has 0 unspecified atom stereocenters. The highest BCUT2D eigenvalue weighted by molar-refractivity contribution is 5.70. The quantitative estimate of drug-likeness (QED) is 0.898. The first-order valence-electron chi connectivity index (χ1n) is 7.25. The summed E-state index contributed by atoms with van der Waals surface area (Å²) in [7, 11) is 1.69. The smallest absolute Gasteiger partial charge is 0.306 e. The maximum absolute atomic E-state index is 11.0. The van der Waals surface area contributed by atoms with Crippen molar-refractivity contribution in [2.45, 2.75) is 32.7 Å². The minimum atomic E-state index is -0.650. The Hall–Kier alpha value is -1.55. The van der Waals surface area contributed by atoms with Gasteiger partial charge in [-0.3, -0.25) is 9.69 Å². The van der Waals surface area contributed by atoms with Crippen LogP contribution < -0.4 is 4.74 Å². The molecule has 1 aromatic rings.